The maximum Gasteiger partial charge on any atom is 0.267 e. The van der Waals surface area contributed by atoms with Gasteiger partial charge in [-0.05, 0) is 62.3 Å². The van der Waals surface area contributed by atoms with E-state index >= 15 is 0 Å². The van der Waals surface area contributed by atoms with Gasteiger partial charge >= 0.3 is 0 Å². The molecule has 0 saturated heterocycles. The molecular formula is C25H31N3O3. The fraction of sp³-hybridized carbons (Fsp3) is 0.360. The lowest BCUT2D eigenvalue weighted by atomic mass is 10.0. The molecule has 1 aliphatic heterocycles. The predicted octanol–water partition coefficient (Wildman–Crippen LogP) is 4.14. The van der Waals surface area contributed by atoms with E-state index in [1.165, 1.54) is 11.6 Å². The topological polar surface area (TPSA) is 61.9 Å². The number of ether oxygens (including phenoxy) is 1. The maximum absolute atomic E-state index is 12.6. The molecule has 3 rings (SSSR count). The molecule has 6 heteroatoms. The van der Waals surface area contributed by atoms with Gasteiger partial charge in [0, 0.05) is 24.9 Å². The summed E-state index contributed by atoms with van der Waals surface area (Å²) in [4.78, 5) is 28.8. The number of fused-ring (bicyclic) bond motifs is 1. The molecule has 0 fully saturated rings. The third-order valence-corrected chi connectivity index (χ3v) is 5.24. The van der Waals surface area contributed by atoms with E-state index in [4.69, 9.17) is 4.74 Å². The Labute approximate surface area is 184 Å². The van der Waals surface area contributed by atoms with Crippen molar-refractivity contribution in [2.24, 2.45) is 0 Å². The molecule has 164 valence electrons. The molecule has 2 aromatic carbocycles. The lowest BCUT2D eigenvalue weighted by Gasteiger charge is -2.34. The summed E-state index contributed by atoms with van der Waals surface area (Å²) in [5.41, 5.74) is 3.52. The minimum atomic E-state index is -0.528. The first-order chi connectivity index (χ1) is 14.7. The van der Waals surface area contributed by atoms with E-state index in [1.807, 2.05) is 31.1 Å². The standard InChI is InChI=1S/C25H31N3O3/c1-17(2)20-9-6-19(7-10-20)8-13-24(29)26-21-11-12-23-22(16-21)28(15-14-27(4)5)25(30)18(3)31-23/h6-13,16-18H,14-15H2,1-5H3,(H,26,29)/b13-8+. The van der Waals surface area contributed by atoms with E-state index in [2.05, 4.69) is 31.3 Å². The van der Waals surface area contributed by atoms with Crippen LogP contribution >= 0.6 is 0 Å². The molecule has 0 aromatic heterocycles. The van der Waals surface area contributed by atoms with Gasteiger partial charge in [-0.25, -0.2) is 0 Å². The van der Waals surface area contributed by atoms with Crippen LogP contribution in [0.1, 0.15) is 37.8 Å². The van der Waals surface area contributed by atoms with E-state index in [9.17, 15) is 9.59 Å². The highest BCUT2D eigenvalue weighted by molar-refractivity contribution is 6.04. The molecule has 1 heterocycles. The van der Waals surface area contributed by atoms with Gasteiger partial charge < -0.3 is 19.9 Å². The summed E-state index contributed by atoms with van der Waals surface area (Å²) in [5.74, 6) is 0.804. The van der Waals surface area contributed by atoms with Crippen LogP contribution in [0.25, 0.3) is 6.08 Å². The van der Waals surface area contributed by atoms with Crippen molar-refractivity contribution in [2.75, 3.05) is 37.4 Å². The predicted molar refractivity (Wildman–Crippen MR) is 126 cm³/mol. The Morgan fingerprint density at radius 1 is 1.19 bits per heavy atom. The molecule has 31 heavy (non-hydrogen) atoms. The van der Waals surface area contributed by atoms with Gasteiger partial charge in [0.2, 0.25) is 5.91 Å². The molecule has 0 aliphatic carbocycles. The first-order valence-corrected chi connectivity index (χ1v) is 10.6. The van der Waals surface area contributed by atoms with E-state index < -0.39 is 6.10 Å². The van der Waals surface area contributed by atoms with Crippen LogP contribution in [-0.2, 0) is 9.59 Å². The van der Waals surface area contributed by atoms with Crippen LogP contribution in [0.2, 0.25) is 0 Å². The second-order valence-corrected chi connectivity index (χ2v) is 8.38. The highest BCUT2D eigenvalue weighted by atomic mass is 16.5. The van der Waals surface area contributed by atoms with Crippen molar-refractivity contribution >= 4 is 29.3 Å². The number of likely N-dealkylation sites (N-methyl/N-ethyl adjacent to an activating group) is 1. The largest absolute Gasteiger partial charge is 0.479 e. The van der Waals surface area contributed by atoms with Gasteiger partial charge in [-0.15, -0.1) is 0 Å². The van der Waals surface area contributed by atoms with Crippen molar-refractivity contribution in [3.05, 3.63) is 59.7 Å². The summed E-state index contributed by atoms with van der Waals surface area (Å²) in [6, 6.07) is 13.5. The number of nitrogens with zero attached hydrogens (tertiary/aromatic N) is 2. The monoisotopic (exact) mass is 421 g/mol. The molecule has 0 radical (unpaired) electrons. The molecule has 0 saturated carbocycles. The van der Waals surface area contributed by atoms with E-state index in [0.717, 1.165) is 12.1 Å². The average molecular weight is 422 g/mol. The molecule has 0 bridgehead atoms. The molecule has 0 spiro atoms. The number of hydrogen-bond donors (Lipinski definition) is 1. The Kier molecular flexibility index (Phi) is 7.13. The van der Waals surface area contributed by atoms with E-state index in [0.29, 0.717) is 29.6 Å². The Hall–Kier alpha value is -3.12. The zero-order valence-electron chi connectivity index (χ0n) is 18.9. The number of anilines is 2. The van der Waals surface area contributed by atoms with Crippen molar-refractivity contribution in [2.45, 2.75) is 32.8 Å². The van der Waals surface area contributed by atoms with Crippen LogP contribution in [-0.4, -0.2) is 50.0 Å². The maximum atomic E-state index is 12.6. The number of hydrogen-bond acceptors (Lipinski definition) is 4. The lowest BCUT2D eigenvalue weighted by molar-refractivity contribution is -0.125. The Bertz CT molecular complexity index is 964. The number of amides is 2. The van der Waals surface area contributed by atoms with Crippen LogP contribution in [0, 0.1) is 0 Å². The van der Waals surface area contributed by atoms with Gasteiger partial charge in [0.15, 0.2) is 6.10 Å². The van der Waals surface area contributed by atoms with Crippen molar-refractivity contribution in [3.63, 3.8) is 0 Å². The van der Waals surface area contributed by atoms with Crippen molar-refractivity contribution in [3.8, 4) is 5.75 Å². The summed E-state index contributed by atoms with van der Waals surface area (Å²) in [6.45, 7) is 7.33. The summed E-state index contributed by atoms with van der Waals surface area (Å²) < 4.78 is 5.74. The minimum absolute atomic E-state index is 0.0810. The summed E-state index contributed by atoms with van der Waals surface area (Å²) >= 11 is 0. The zero-order valence-corrected chi connectivity index (χ0v) is 18.9. The molecule has 6 nitrogen and oxygen atoms in total. The Morgan fingerprint density at radius 3 is 2.55 bits per heavy atom. The third-order valence-electron chi connectivity index (χ3n) is 5.24. The normalized spacial score (nSPS) is 16.0. The molecule has 1 N–H and O–H groups in total. The summed E-state index contributed by atoms with van der Waals surface area (Å²) in [7, 11) is 3.93. The van der Waals surface area contributed by atoms with Crippen molar-refractivity contribution < 1.29 is 14.3 Å². The number of carbonyl (C=O) groups is 2. The quantitative estimate of drug-likeness (QED) is 0.683. The van der Waals surface area contributed by atoms with Gasteiger partial charge in [-0.3, -0.25) is 9.59 Å². The van der Waals surface area contributed by atoms with Crippen molar-refractivity contribution in [1.82, 2.24) is 4.90 Å². The Morgan fingerprint density at radius 2 is 1.90 bits per heavy atom. The SMILES string of the molecule is CC1Oc2ccc(NC(=O)/C=C/c3ccc(C(C)C)cc3)cc2N(CCN(C)C)C1=O. The number of rotatable bonds is 7. The summed E-state index contributed by atoms with van der Waals surface area (Å²) in [6.07, 6.45) is 2.77. The van der Waals surface area contributed by atoms with Gasteiger partial charge in [0.25, 0.3) is 5.91 Å². The second-order valence-electron chi connectivity index (χ2n) is 8.38. The minimum Gasteiger partial charge on any atom is -0.479 e. The highest BCUT2D eigenvalue weighted by Crippen LogP contribution is 2.36. The van der Waals surface area contributed by atoms with Gasteiger partial charge in [-0.1, -0.05) is 38.1 Å². The van der Waals surface area contributed by atoms with E-state index in [-0.39, 0.29) is 11.8 Å². The van der Waals surface area contributed by atoms with Crippen LogP contribution in [0.3, 0.4) is 0 Å². The van der Waals surface area contributed by atoms with Crippen LogP contribution in [0.4, 0.5) is 11.4 Å². The van der Waals surface area contributed by atoms with E-state index in [1.54, 1.807) is 36.1 Å². The first-order valence-electron chi connectivity index (χ1n) is 10.6. The summed E-state index contributed by atoms with van der Waals surface area (Å²) in [5, 5.41) is 2.87. The lowest BCUT2D eigenvalue weighted by Crippen LogP contribution is -2.46. The van der Waals surface area contributed by atoms with Gasteiger partial charge in [0.05, 0.1) is 5.69 Å². The van der Waals surface area contributed by atoms with Crippen LogP contribution in [0.15, 0.2) is 48.5 Å². The Balaban J connectivity index is 1.72. The first kappa shape index (κ1) is 22.6. The van der Waals surface area contributed by atoms with Crippen LogP contribution in [0.5, 0.6) is 5.75 Å². The number of nitrogens with one attached hydrogen (secondary N) is 1. The smallest absolute Gasteiger partial charge is 0.267 e. The molecular weight excluding hydrogens is 390 g/mol. The van der Waals surface area contributed by atoms with Gasteiger partial charge in [0.1, 0.15) is 5.75 Å². The highest BCUT2D eigenvalue weighted by Gasteiger charge is 2.31. The molecule has 1 atom stereocenters. The third kappa shape index (κ3) is 5.73. The molecule has 1 unspecified atom stereocenters. The van der Waals surface area contributed by atoms with Crippen LogP contribution < -0.4 is 15.0 Å². The average Bonchev–Trinajstić information content (AvgIpc) is 2.73. The number of carbonyl (C=O) groups excluding carboxylic acids is 2. The molecule has 1 aliphatic rings. The molecule has 2 aromatic rings. The second kappa shape index (κ2) is 9.79. The van der Waals surface area contributed by atoms with Crippen molar-refractivity contribution in [1.29, 1.82) is 0 Å². The number of benzene rings is 2. The zero-order chi connectivity index (χ0) is 22.5. The fourth-order valence-corrected chi connectivity index (χ4v) is 3.36. The fourth-order valence-electron chi connectivity index (χ4n) is 3.36. The van der Waals surface area contributed by atoms with Gasteiger partial charge in [-0.2, -0.15) is 0 Å². The molecule has 2 amide bonds.